The predicted octanol–water partition coefficient (Wildman–Crippen LogP) is 1.69. The first kappa shape index (κ1) is 14.1. The average Bonchev–Trinajstić information content (AvgIpc) is 2.91. The molecule has 0 aromatic heterocycles. The monoisotopic (exact) mass is 285 g/mol. The number of azide groups is 1. The molecule has 3 fully saturated rings. The van der Waals surface area contributed by atoms with E-state index in [4.69, 9.17) is 29.2 Å². The molecule has 0 aromatic carbocycles. The van der Waals surface area contributed by atoms with E-state index in [1.165, 1.54) is 0 Å². The van der Waals surface area contributed by atoms with Gasteiger partial charge < -0.3 is 23.7 Å². The van der Waals surface area contributed by atoms with Crippen molar-refractivity contribution in [2.24, 2.45) is 5.11 Å². The van der Waals surface area contributed by atoms with Crippen LogP contribution < -0.4 is 0 Å². The molecular weight excluding hydrogens is 266 g/mol. The van der Waals surface area contributed by atoms with Gasteiger partial charge in [-0.1, -0.05) is 5.11 Å². The number of rotatable bonds is 2. The van der Waals surface area contributed by atoms with Crippen LogP contribution >= 0.6 is 0 Å². The molecule has 3 heterocycles. The number of hydrogen-bond donors (Lipinski definition) is 0. The molecule has 3 rings (SSSR count). The lowest BCUT2D eigenvalue weighted by Crippen LogP contribution is -2.41. The van der Waals surface area contributed by atoms with Crippen molar-refractivity contribution in [2.45, 2.75) is 69.9 Å². The minimum Gasteiger partial charge on any atom is -0.348 e. The molecule has 3 aliphatic rings. The molecule has 8 nitrogen and oxygen atoms in total. The van der Waals surface area contributed by atoms with Crippen LogP contribution in [0.25, 0.3) is 10.4 Å². The lowest BCUT2D eigenvalue weighted by Gasteiger charge is -2.26. The maximum absolute atomic E-state index is 8.77. The highest BCUT2D eigenvalue weighted by Crippen LogP contribution is 2.41. The second-order valence-corrected chi connectivity index (χ2v) is 6.13. The molecule has 0 amide bonds. The molecule has 0 radical (unpaired) electrons. The van der Waals surface area contributed by atoms with E-state index in [1.54, 1.807) is 13.8 Å². The van der Waals surface area contributed by atoms with Crippen LogP contribution in [0.3, 0.4) is 0 Å². The highest BCUT2D eigenvalue weighted by atomic mass is 16.8. The maximum Gasteiger partial charge on any atom is 0.188 e. The Morgan fingerprint density at radius 3 is 2.40 bits per heavy atom. The van der Waals surface area contributed by atoms with E-state index >= 15 is 0 Å². The van der Waals surface area contributed by atoms with E-state index in [0.717, 1.165) is 0 Å². The maximum atomic E-state index is 8.77. The van der Waals surface area contributed by atoms with Gasteiger partial charge in [-0.25, -0.2) is 0 Å². The first-order valence-electron chi connectivity index (χ1n) is 6.68. The molecule has 3 aliphatic heterocycles. The zero-order chi connectivity index (χ0) is 14.5. The number of nitrogens with zero attached hydrogens (tertiary/aromatic N) is 3. The lowest BCUT2D eigenvalue weighted by atomic mass is 10.0. The molecule has 0 aromatic rings. The van der Waals surface area contributed by atoms with Crippen LogP contribution in [0.5, 0.6) is 0 Å². The van der Waals surface area contributed by atoms with Crippen molar-refractivity contribution in [3.8, 4) is 0 Å². The zero-order valence-electron chi connectivity index (χ0n) is 12.0. The lowest BCUT2D eigenvalue weighted by molar-refractivity contribution is -0.222. The average molecular weight is 285 g/mol. The molecule has 0 bridgehead atoms. The van der Waals surface area contributed by atoms with Gasteiger partial charge in [0.05, 0.1) is 12.6 Å². The standard InChI is InChI=1S/C12H19N3O5/c1-11(2)16-5-6(18-11)8-7(14-15-13)9-10(17-8)20-12(3,4)19-9/h6-10H,5H2,1-4H3/t6?,7?,8-,9?,10?/m1/s1. The van der Waals surface area contributed by atoms with E-state index < -0.39 is 36.1 Å². The Hall–Kier alpha value is -0.890. The van der Waals surface area contributed by atoms with E-state index in [1.807, 2.05) is 13.8 Å². The summed E-state index contributed by atoms with van der Waals surface area (Å²) in [4.78, 5) is 2.90. The minimum atomic E-state index is -0.740. The third-order valence-electron chi connectivity index (χ3n) is 3.63. The van der Waals surface area contributed by atoms with E-state index in [9.17, 15) is 0 Å². The summed E-state index contributed by atoms with van der Waals surface area (Å²) >= 11 is 0. The first-order chi connectivity index (χ1) is 9.31. The van der Waals surface area contributed by atoms with Crippen LogP contribution in [0.4, 0.5) is 0 Å². The summed E-state index contributed by atoms with van der Waals surface area (Å²) in [5, 5.41) is 3.82. The van der Waals surface area contributed by atoms with Crippen molar-refractivity contribution >= 4 is 0 Å². The quantitative estimate of drug-likeness (QED) is 0.437. The van der Waals surface area contributed by atoms with Gasteiger partial charge in [0.25, 0.3) is 0 Å². The van der Waals surface area contributed by atoms with Crippen molar-refractivity contribution < 1.29 is 23.7 Å². The molecule has 3 saturated heterocycles. The molecule has 8 heteroatoms. The van der Waals surface area contributed by atoms with Gasteiger partial charge in [-0.15, -0.1) is 0 Å². The van der Waals surface area contributed by atoms with Crippen molar-refractivity contribution in [3.05, 3.63) is 10.4 Å². The Balaban J connectivity index is 1.78. The van der Waals surface area contributed by atoms with E-state index in [0.29, 0.717) is 6.61 Å². The molecule has 5 atom stereocenters. The Morgan fingerprint density at radius 1 is 1.05 bits per heavy atom. The van der Waals surface area contributed by atoms with Gasteiger partial charge in [-0.05, 0) is 33.2 Å². The largest absolute Gasteiger partial charge is 0.348 e. The SMILES string of the molecule is CC1(C)OC2O[C@H](C3COC(C)(C)O3)C(N=[N+]=[N-])C2O1. The number of hydrogen-bond acceptors (Lipinski definition) is 6. The van der Waals surface area contributed by atoms with Crippen LogP contribution in [0.2, 0.25) is 0 Å². The second kappa shape index (κ2) is 4.56. The fourth-order valence-corrected chi connectivity index (χ4v) is 2.89. The van der Waals surface area contributed by atoms with Gasteiger partial charge in [0, 0.05) is 4.91 Å². The number of fused-ring (bicyclic) bond motifs is 1. The Labute approximate surface area is 116 Å². The molecule has 0 saturated carbocycles. The van der Waals surface area contributed by atoms with Gasteiger partial charge in [-0.3, -0.25) is 0 Å². The summed E-state index contributed by atoms with van der Waals surface area (Å²) in [5.41, 5.74) is 8.77. The summed E-state index contributed by atoms with van der Waals surface area (Å²) in [6, 6.07) is -0.491. The summed E-state index contributed by atoms with van der Waals surface area (Å²) in [5.74, 6) is -1.40. The Bertz CT molecular complexity index is 448. The summed E-state index contributed by atoms with van der Waals surface area (Å²) in [7, 11) is 0. The van der Waals surface area contributed by atoms with Gasteiger partial charge in [0.2, 0.25) is 0 Å². The third-order valence-corrected chi connectivity index (χ3v) is 3.63. The normalized spacial score (nSPS) is 45.1. The van der Waals surface area contributed by atoms with Crippen LogP contribution in [-0.2, 0) is 23.7 Å². The van der Waals surface area contributed by atoms with Gasteiger partial charge in [0.1, 0.15) is 18.3 Å². The smallest absolute Gasteiger partial charge is 0.188 e. The van der Waals surface area contributed by atoms with Crippen molar-refractivity contribution in [1.29, 1.82) is 0 Å². The van der Waals surface area contributed by atoms with Gasteiger partial charge >= 0.3 is 0 Å². The third kappa shape index (κ3) is 2.39. The number of ether oxygens (including phenoxy) is 5. The molecule has 20 heavy (non-hydrogen) atoms. The van der Waals surface area contributed by atoms with Gasteiger partial charge in [-0.2, -0.15) is 0 Å². The fraction of sp³-hybridized carbons (Fsp3) is 1.00. The summed E-state index contributed by atoms with van der Waals surface area (Å²) in [6.45, 7) is 7.66. The van der Waals surface area contributed by atoms with Crippen LogP contribution in [0, 0.1) is 0 Å². The minimum absolute atomic E-state index is 0.304. The van der Waals surface area contributed by atoms with Crippen LogP contribution in [0.1, 0.15) is 27.7 Å². The zero-order valence-corrected chi connectivity index (χ0v) is 12.0. The van der Waals surface area contributed by atoms with Crippen molar-refractivity contribution in [2.75, 3.05) is 6.61 Å². The molecule has 4 unspecified atom stereocenters. The predicted molar refractivity (Wildman–Crippen MR) is 66.5 cm³/mol. The van der Waals surface area contributed by atoms with Gasteiger partial charge in [0.15, 0.2) is 17.9 Å². The highest BCUT2D eigenvalue weighted by molar-refractivity contribution is 5.01. The summed E-state index contributed by atoms with van der Waals surface area (Å²) in [6.07, 6.45) is -1.70. The molecule has 0 aliphatic carbocycles. The first-order valence-corrected chi connectivity index (χ1v) is 6.68. The Kier molecular flexibility index (Phi) is 3.20. The highest BCUT2D eigenvalue weighted by Gasteiger charge is 2.57. The van der Waals surface area contributed by atoms with E-state index in [-0.39, 0.29) is 6.10 Å². The second-order valence-electron chi connectivity index (χ2n) is 6.13. The Morgan fingerprint density at radius 2 is 1.80 bits per heavy atom. The van der Waals surface area contributed by atoms with E-state index in [2.05, 4.69) is 10.0 Å². The fourth-order valence-electron chi connectivity index (χ4n) is 2.89. The van der Waals surface area contributed by atoms with Crippen LogP contribution in [-0.4, -0.2) is 48.8 Å². The van der Waals surface area contributed by atoms with Crippen molar-refractivity contribution in [3.63, 3.8) is 0 Å². The van der Waals surface area contributed by atoms with Crippen molar-refractivity contribution in [1.82, 2.24) is 0 Å². The summed E-state index contributed by atoms with van der Waals surface area (Å²) < 4.78 is 28.6. The molecular formula is C12H19N3O5. The van der Waals surface area contributed by atoms with Crippen LogP contribution in [0.15, 0.2) is 5.11 Å². The molecule has 0 spiro atoms. The molecule has 112 valence electrons. The topological polar surface area (TPSA) is 94.9 Å². The molecule has 0 N–H and O–H groups in total.